The molecule has 0 saturated carbocycles. The van der Waals surface area contributed by atoms with Gasteiger partial charge < -0.3 is 14.4 Å². The molecule has 1 saturated heterocycles. The fourth-order valence-corrected chi connectivity index (χ4v) is 3.03. The van der Waals surface area contributed by atoms with Crippen LogP contribution in [0.25, 0.3) is 6.08 Å². The molecule has 0 bridgehead atoms. The molecule has 5 nitrogen and oxygen atoms in total. The molecule has 3 rings (SSSR count). The maximum absolute atomic E-state index is 6.00. The van der Waals surface area contributed by atoms with E-state index in [-0.39, 0.29) is 6.10 Å². The molecule has 1 atom stereocenters. The van der Waals surface area contributed by atoms with Crippen molar-refractivity contribution < 1.29 is 9.47 Å². The highest BCUT2D eigenvalue weighted by molar-refractivity contribution is 9.10. The molecule has 126 valence electrons. The summed E-state index contributed by atoms with van der Waals surface area (Å²) in [6.07, 6.45) is 6.42. The van der Waals surface area contributed by atoms with Crippen molar-refractivity contribution in [1.82, 2.24) is 9.97 Å². The minimum atomic E-state index is 0.128. The average Bonchev–Trinajstić information content (AvgIpc) is 3.03. The van der Waals surface area contributed by atoms with Crippen LogP contribution in [0.3, 0.4) is 0 Å². The van der Waals surface area contributed by atoms with Gasteiger partial charge in [0.2, 0.25) is 5.88 Å². The Kier molecular flexibility index (Phi) is 5.35. The van der Waals surface area contributed by atoms with Crippen LogP contribution in [0.5, 0.6) is 5.88 Å². The number of rotatable bonds is 5. The Morgan fingerprint density at radius 3 is 2.92 bits per heavy atom. The lowest BCUT2D eigenvalue weighted by Gasteiger charge is -2.20. The van der Waals surface area contributed by atoms with Crippen molar-refractivity contribution in [3.05, 3.63) is 52.6 Å². The zero-order valence-corrected chi connectivity index (χ0v) is 15.4. The highest BCUT2D eigenvalue weighted by Crippen LogP contribution is 2.27. The molecule has 24 heavy (non-hydrogen) atoms. The molecule has 1 unspecified atom stereocenters. The molecule has 0 amide bonds. The third-order valence-electron chi connectivity index (χ3n) is 3.89. The van der Waals surface area contributed by atoms with E-state index in [1.54, 1.807) is 13.4 Å². The van der Waals surface area contributed by atoms with Gasteiger partial charge >= 0.3 is 0 Å². The molecule has 0 radical (unpaired) electrons. The maximum atomic E-state index is 6.00. The number of aryl methyl sites for hydroxylation is 1. The van der Waals surface area contributed by atoms with E-state index >= 15 is 0 Å². The highest BCUT2D eigenvalue weighted by Gasteiger charge is 2.26. The molecule has 0 aliphatic carbocycles. The predicted molar refractivity (Wildman–Crippen MR) is 98.2 cm³/mol. The monoisotopic (exact) mass is 389 g/mol. The van der Waals surface area contributed by atoms with Gasteiger partial charge in [0.15, 0.2) is 0 Å². The summed E-state index contributed by atoms with van der Waals surface area (Å²) >= 11 is 3.42. The first-order chi connectivity index (χ1) is 11.7. The molecule has 2 aromatic rings. The van der Waals surface area contributed by atoms with E-state index in [1.165, 1.54) is 0 Å². The molecule has 0 aromatic carbocycles. The standard InChI is InChI=1S/C18H20BrN3O2/c1-13-3-6-18(20-11-13)24-14-7-9-22(12-14)16-4-5-17(19)21-15(16)8-10-23-2/h3-6,8,10-11,14H,7,9,12H2,1-2H3/b10-8+. The Labute approximate surface area is 150 Å². The lowest BCUT2D eigenvalue weighted by Crippen LogP contribution is -2.25. The Balaban J connectivity index is 1.71. The van der Waals surface area contributed by atoms with Gasteiger partial charge in [0, 0.05) is 31.3 Å². The second-order valence-electron chi connectivity index (χ2n) is 5.73. The van der Waals surface area contributed by atoms with Gasteiger partial charge in [-0.2, -0.15) is 0 Å². The highest BCUT2D eigenvalue weighted by atomic mass is 79.9. The van der Waals surface area contributed by atoms with Gasteiger partial charge in [-0.25, -0.2) is 9.97 Å². The van der Waals surface area contributed by atoms with Crippen LogP contribution in [0, 0.1) is 6.92 Å². The van der Waals surface area contributed by atoms with Crippen LogP contribution < -0.4 is 9.64 Å². The first-order valence-electron chi connectivity index (χ1n) is 7.86. The normalized spacial score (nSPS) is 17.5. The minimum Gasteiger partial charge on any atom is -0.504 e. The van der Waals surface area contributed by atoms with Crippen molar-refractivity contribution in [2.75, 3.05) is 25.1 Å². The van der Waals surface area contributed by atoms with Crippen molar-refractivity contribution >= 4 is 27.7 Å². The van der Waals surface area contributed by atoms with E-state index in [2.05, 4.69) is 36.9 Å². The van der Waals surface area contributed by atoms with Crippen LogP contribution in [-0.4, -0.2) is 36.3 Å². The minimum absolute atomic E-state index is 0.128. The summed E-state index contributed by atoms with van der Waals surface area (Å²) in [5.41, 5.74) is 3.08. The van der Waals surface area contributed by atoms with Crippen molar-refractivity contribution in [2.24, 2.45) is 0 Å². The predicted octanol–water partition coefficient (Wildman–Crippen LogP) is 3.82. The zero-order chi connectivity index (χ0) is 16.9. The van der Waals surface area contributed by atoms with Gasteiger partial charge in [-0.3, -0.25) is 0 Å². The average molecular weight is 390 g/mol. The molecule has 6 heteroatoms. The molecule has 1 aliphatic heterocycles. The van der Waals surface area contributed by atoms with Gasteiger partial charge in [-0.15, -0.1) is 0 Å². The number of nitrogens with zero attached hydrogens (tertiary/aromatic N) is 3. The molecular weight excluding hydrogens is 370 g/mol. The Morgan fingerprint density at radius 2 is 2.17 bits per heavy atom. The first-order valence-corrected chi connectivity index (χ1v) is 8.65. The van der Waals surface area contributed by atoms with Crippen LogP contribution in [-0.2, 0) is 4.74 Å². The van der Waals surface area contributed by atoms with Gasteiger partial charge in [0.25, 0.3) is 0 Å². The number of halogens is 1. The van der Waals surface area contributed by atoms with Crippen molar-refractivity contribution in [2.45, 2.75) is 19.4 Å². The number of anilines is 1. The Morgan fingerprint density at radius 1 is 1.29 bits per heavy atom. The number of pyridine rings is 2. The topological polar surface area (TPSA) is 47.5 Å². The number of hydrogen-bond acceptors (Lipinski definition) is 5. The quantitative estimate of drug-likeness (QED) is 0.574. The summed E-state index contributed by atoms with van der Waals surface area (Å²) < 4.78 is 11.8. The summed E-state index contributed by atoms with van der Waals surface area (Å²) in [6.45, 7) is 3.75. The van der Waals surface area contributed by atoms with Crippen LogP contribution >= 0.6 is 15.9 Å². The summed E-state index contributed by atoms with van der Waals surface area (Å²) in [5, 5.41) is 0. The third kappa shape index (κ3) is 4.06. The van der Waals surface area contributed by atoms with Crippen LogP contribution in [0.15, 0.2) is 41.3 Å². The fourth-order valence-electron chi connectivity index (χ4n) is 2.70. The summed E-state index contributed by atoms with van der Waals surface area (Å²) in [4.78, 5) is 11.1. The third-order valence-corrected chi connectivity index (χ3v) is 4.33. The molecule has 2 aromatic heterocycles. The molecule has 1 aliphatic rings. The van der Waals surface area contributed by atoms with E-state index in [0.717, 1.165) is 41.1 Å². The summed E-state index contributed by atoms with van der Waals surface area (Å²) in [7, 11) is 1.63. The number of aromatic nitrogens is 2. The van der Waals surface area contributed by atoms with Gasteiger partial charge in [0.05, 0.1) is 31.3 Å². The Bertz CT molecular complexity index is 719. The van der Waals surface area contributed by atoms with Crippen molar-refractivity contribution in [3.8, 4) is 5.88 Å². The van der Waals surface area contributed by atoms with Crippen LogP contribution in [0.2, 0.25) is 0 Å². The van der Waals surface area contributed by atoms with E-state index in [9.17, 15) is 0 Å². The zero-order valence-electron chi connectivity index (χ0n) is 13.8. The molecule has 0 N–H and O–H groups in total. The smallest absolute Gasteiger partial charge is 0.213 e. The second-order valence-corrected chi connectivity index (χ2v) is 6.54. The van der Waals surface area contributed by atoms with E-state index in [1.807, 2.05) is 37.4 Å². The van der Waals surface area contributed by atoms with Gasteiger partial charge in [-0.05, 0) is 40.5 Å². The van der Waals surface area contributed by atoms with E-state index in [0.29, 0.717) is 5.88 Å². The molecule has 3 heterocycles. The number of ether oxygens (including phenoxy) is 2. The lowest BCUT2D eigenvalue weighted by atomic mass is 10.2. The van der Waals surface area contributed by atoms with Gasteiger partial charge in [-0.1, -0.05) is 6.07 Å². The van der Waals surface area contributed by atoms with E-state index in [4.69, 9.17) is 9.47 Å². The first kappa shape index (κ1) is 16.8. The summed E-state index contributed by atoms with van der Waals surface area (Å²) in [6, 6.07) is 7.96. The van der Waals surface area contributed by atoms with Crippen molar-refractivity contribution in [3.63, 3.8) is 0 Å². The number of hydrogen-bond donors (Lipinski definition) is 0. The molecule has 0 spiro atoms. The molecular formula is C18H20BrN3O2. The van der Waals surface area contributed by atoms with E-state index < -0.39 is 0 Å². The van der Waals surface area contributed by atoms with Crippen molar-refractivity contribution in [1.29, 1.82) is 0 Å². The van der Waals surface area contributed by atoms with Gasteiger partial charge in [0.1, 0.15) is 10.7 Å². The van der Waals surface area contributed by atoms with Crippen LogP contribution in [0.4, 0.5) is 5.69 Å². The Hall–Kier alpha value is -2.08. The largest absolute Gasteiger partial charge is 0.504 e. The number of methoxy groups -OCH3 is 1. The molecule has 1 fully saturated rings. The summed E-state index contributed by atoms with van der Waals surface area (Å²) in [5.74, 6) is 0.681. The fraction of sp³-hybridized carbons (Fsp3) is 0.333. The maximum Gasteiger partial charge on any atom is 0.213 e. The van der Waals surface area contributed by atoms with Crippen LogP contribution in [0.1, 0.15) is 17.7 Å². The lowest BCUT2D eigenvalue weighted by molar-refractivity contribution is 0.216. The second kappa shape index (κ2) is 7.66. The SMILES string of the molecule is CO/C=C/c1nc(Br)ccc1N1CCC(Oc2ccc(C)cn2)C1.